The lowest BCUT2D eigenvalue weighted by atomic mass is 10.1. The van der Waals surface area contributed by atoms with Gasteiger partial charge in [-0.1, -0.05) is 19.1 Å². The number of ether oxygens (including phenoxy) is 1. The van der Waals surface area contributed by atoms with Gasteiger partial charge < -0.3 is 15.0 Å². The van der Waals surface area contributed by atoms with Gasteiger partial charge in [0.1, 0.15) is 12.4 Å². The molecule has 1 aliphatic rings. The molecule has 0 amide bonds. The minimum absolute atomic E-state index is 0.671. The molecule has 0 unspecified atom stereocenters. The predicted molar refractivity (Wildman–Crippen MR) is 84.4 cm³/mol. The standard InChI is InChI=1S/C17H28N2O/c1-3-10-19-11-7-16(8-12-19)18-9-13-20-17-6-4-5-15(2)14-17/h4-6,14,16,18H,3,7-13H2,1-2H3. The molecule has 0 saturated carbocycles. The molecule has 1 heterocycles. The number of aryl methyl sites for hydroxylation is 1. The van der Waals surface area contributed by atoms with E-state index in [1.54, 1.807) is 0 Å². The summed E-state index contributed by atoms with van der Waals surface area (Å²) in [5, 5.41) is 3.62. The van der Waals surface area contributed by atoms with Crippen molar-refractivity contribution >= 4 is 0 Å². The van der Waals surface area contributed by atoms with Gasteiger partial charge in [0, 0.05) is 12.6 Å². The number of piperidine rings is 1. The second kappa shape index (κ2) is 8.28. The first-order chi connectivity index (χ1) is 9.78. The maximum Gasteiger partial charge on any atom is 0.119 e. The molecule has 1 aromatic carbocycles. The first-order valence-corrected chi connectivity index (χ1v) is 7.93. The fourth-order valence-electron chi connectivity index (χ4n) is 2.81. The molecular formula is C17H28N2O. The summed E-state index contributed by atoms with van der Waals surface area (Å²) in [5.74, 6) is 0.976. The van der Waals surface area contributed by atoms with Crippen molar-refractivity contribution in [2.75, 3.05) is 32.8 Å². The van der Waals surface area contributed by atoms with Crippen LogP contribution < -0.4 is 10.1 Å². The van der Waals surface area contributed by atoms with Crippen molar-refractivity contribution in [1.82, 2.24) is 10.2 Å². The van der Waals surface area contributed by atoms with Crippen LogP contribution in [-0.2, 0) is 0 Å². The van der Waals surface area contributed by atoms with Crippen molar-refractivity contribution in [2.45, 2.75) is 39.2 Å². The Morgan fingerprint density at radius 1 is 1.30 bits per heavy atom. The molecule has 1 aliphatic heterocycles. The molecule has 3 heteroatoms. The van der Waals surface area contributed by atoms with E-state index in [1.807, 2.05) is 12.1 Å². The Labute approximate surface area is 123 Å². The van der Waals surface area contributed by atoms with Crippen molar-refractivity contribution in [3.63, 3.8) is 0 Å². The summed E-state index contributed by atoms with van der Waals surface area (Å²) in [6.45, 7) is 9.77. The number of hydrogen-bond donors (Lipinski definition) is 1. The van der Waals surface area contributed by atoms with Gasteiger partial charge in [-0.3, -0.25) is 0 Å². The van der Waals surface area contributed by atoms with Gasteiger partial charge in [-0.25, -0.2) is 0 Å². The number of hydrogen-bond acceptors (Lipinski definition) is 3. The topological polar surface area (TPSA) is 24.5 Å². The van der Waals surface area contributed by atoms with Crippen molar-refractivity contribution in [3.05, 3.63) is 29.8 Å². The third kappa shape index (κ3) is 5.14. The number of rotatable bonds is 7. The monoisotopic (exact) mass is 276 g/mol. The number of nitrogens with one attached hydrogen (secondary N) is 1. The molecule has 0 aromatic heterocycles. The summed E-state index contributed by atoms with van der Waals surface area (Å²) in [5.41, 5.74) is 1.25. The summed E-state index contributed by atoms with van der Waals surface area (Å²) in [6, 6.07) is 8.92. The maximum atomic E-state index is 5.76. The zero-order valence-corrected chi connectivity index (χ0v) is 12.9. The highest BCUT2D eigenvalue weighted by molar-refractivity contribution is 5.27. The first-order valence-electron chi connectivity index (χ1n) is 7.93. The van der Waals surface area contributed by atoms with Gasteiger partial charge in [-0.05, 0) is 63.5 Å². The molecule has 0 radical (unpaired) electrons. The van der Waals surface area contributed by atoms with E-state index in [-0.39, 0.29) is 0 Å². The molecule has 1 aromatic rings. The molecule has 0 spiro atoms. The minimum atomic E-state index is 0.671. The van der Waals surface area contributed by atoms with Gasteiger partial charge in [0.25, 0.3) is 0 Å². The van der Waals surface area contributed by atoms with Crippen LogP contribution >= 0.6 is 0 Å². The zero-order chi connectivity index (χ0) is 14.2. The van der Waals surface area contributed by atoms with E-state index < -0.39 is 0 Å². The Balaban J connectivity index is 1.58. The zero-order valence-electron chi connectivity index (χ0n) is 12.9. The highest BCUT2D eigenvalue weighted by atomic mass is 16.5. The minimum Gasteiger partial charge on any atom is -0.492 e. The molecule has 0 bridgehead atoms. The van der Waals surface area contributed by atoms with Crippen molar-refractivity contribution in [1.29, 1.82) is 0 Å². The van der Waals surface area contributed by atoms with Crippen LogP contribution in [-0.4, -0.2) is 43.7 Å². The largest absolute Gasteiger partial charge is 0.492 e. The lowest BCUT2D eigenvalue weighted by Crippen LogP contribution is -2.43. The van der Waals surface area contributed by atoms with Crippen molar-refractivity contribution in [2.24, 2.45) is 0 Å². The molecule has 1 fully saturated rings. The Morgan fingerprint density at radius 3 is 2.80 bits per heavy atom. The van der Waals surface area contributed by atoms with E-state index in [1.165, 1.54) is 44.5 Å². The van der Waals surface area contributed by atoms with Crippen molar-refractivity contribution < 1.29 is 4.74 Å². The van der Waals surface area contributed by atoms with E-state index in [4.69, 9.17) is 4.74 Å². The van der Waals surface area contributed by atoms with Gasteiger partial charge in [0.05, 0.1) is 0 Å². The third-order valence-electron chi connectivity index (χ3n) is 3.92. The van der Waals surface area contributed by atoms with E-state index >= 15 is 0 Å². The maximum absolute atomic E-state index is 5.76. The fraction of sp³-hybridized carbons (Fsp3) is 0.647. The van der Waals surface area contributed by atoms with Crippen LogP contribution in [0.3, 0.4) is 0 Å². The average molecular weight is 276 g/mol. The number of likely N-dealkylation sites (tertiary alicyclic amines) is 1. The smallest absolute Gasteiger partial charge is 0.119 e. The highest BCUT2D eigenvalue weighted by Gasteiger charge is 2.17. The third-order valence-corrected chi connectivity index (χ3v) is 3.92. The lowest BCUT2D eigenvalue weighted by Gasteiger charge is -2.32. The Morgan fingerprint density at radius 2 is 2.10 bits per heavy atom. The normalized spacial score (nSPS) is 17.3. The molecule has 3 nitrogen and oxygen atoms in total. The summed E-state index contributed by atoms with van der Waals surface area (Å²) >= 11 is 0. The number of benzene rings is 1. The second-order valence-corrected chi connectivity index (χ2v) is 5.74. The van der Waals surface area contributed by atoms with Crippen LogP contribution in [0.2, 0.25) is 0 Å². The molecule has 20 heavy (non-hydrogen) atoms. The molecular weight excluding hydrogens is 248 g/mol. The second-order valence-electron chi connectivity index (χ2n) is 5.74. The predicted octanol–water partition coefficient (Wildman–Crippen LogP) is 2.84. The van der Waals surface area contributed by atoms with Gasteiger partial charge >= 0.3 is 0 Å². The van der Waals surface area contributed by atoms with E-state index in [2.05, 4.69) is 36.2 Å². The Bertz CT molecular complexity index is 386. The van der Waals surface area contributed by atoms with Crippen LogP contribution in [0.1, 0.15) is 31.7 Å². The summed E-state index contributed by atoms with van der Waals surface area (Å²) in [7, 11) is 0. The van der Waals surface area contributed by atoms with Crippen LogP contribution in [0.25, 0.3) is 0 Å². The molecule has 0 atom stereocenters. The van der Waals surface area contributed by atoms with Crippen LogP contribution in [0.5, 0.6) is 5.75 Å². The van der Waals surface area contributed by atoms with Gasteiger partial charge in [-0.2, -0.15) is 0 Å². The molecule has 0 aliphatic carbocycles. The summed E-state index contributed by atoms with van der Waals surface area (Å²) in [6.07, 6.45) is 3.80. The average Bonchev–Trinajstić information content (AvgIpc) is 2.46. The lowest BCUT2D eigenvalue weighted by molar-refractivity contribution is 0.193. The van der Waals surface area contributed by atoms with E-state index in [0.717, 1.165) is 18.9 Å². The van der Waals surface area contributed by atoms with Crippen LogP contribution in [0, 0.1) is 6.92 Å². The van der Waals surface area contributed by atoms with Crippen LogP contribution in [0.15, 0.2) is 24.3 Å². The molecule has 1 N–H and O–H groups in total. The molecule has 112 valence electrons. The first kappa shape index (κ1) is 15.3. The Kier molecular flexibility index (Phi) is 6.34. The molecule has 2 rings (SSSR count). The number of nitrogens with zero attached hydrogens (tertiary/aromatic N) is 1. The summed E-state index contributed by atoms with van der Waals surface area (Å²) in [4.78, 5) is 2.57. The quantitative estimate of drug-likeness (QED) is 0.775. The van der Waals surface area contributed by atoms with E-state index in [9.17, 15) is 0 Å². The van der Waals surface area contributed by atoms with Crippen molar-refractivity contribution in [3.8, 4) is 5.75 Å². The SMILES string of the molecule is CCCN1CCC(NCCOc2cccc(C)c2)CC1. The fourth-order valence-corrected chi connectivity index (χ4v) is 2.81. The van der Waals surface area contributed by atoms with Gasteiger partial charge in [-0.15, -0.1) is 0 Å². The van der Waals surface area contributed by atoms with Gasteiger partial charge in [0.15, 0.2) is 0 Å². The highest BCUT2D eigenvalue weighted by Crippen LogP contribution is 2.12. The Hall–Kier alpha value is -1.06. The summed E-state index contributed by atoms with van der Waals surface area (Å²) < 4.78 is 5.76. The van der Waals surface area contributed by atoms with E-state index in [0.29, 0.717) is 6.04 Å². The molecule has 1 saturated heterocycles. The van der Waals surface area contributed by atoms with Gasteiger partial charge in [0.2, 0.25) is 0 Å². The van der Waals surface area contributed by atoms with Crippen LogP contribution in [0.4, 0.5) is 0 Å².